The topological polar surface area (TPSA) is 58.4 Å². The van der Waals surface area contributed by atoms with E-state index < -0.39 is 5.54 Å². The Morgan fingerprint density at radius 1 is 1.07 bits per heavy atom. The Balaban J connectivity index is 0.00000182. The lowest BCUT2D eigenvalue weighted by molar-refractivity contribution is -0.127. The van der Waals surface area contributed by atoms with Crippen molar-refractivity contribution < 1.29 is 4.79 Å². The largest absolute Gasteiger partial charge is 0.371 e. The summed E-state index contributed by atoms with van der Waals surface area (Å²) < 4.78 is 0. The highest BCUT2D eigenvalue weighted by molar-refractivity contribution is 5.86. The summed E-state index contributed by atoms with van der Waals surface area (Å²) in [6.45, 7) is 8.69. The first-order chi connectivity index (χ1) is 11.8. The fourth-order valence-corrected chi connectivity index (χ4v) is 4.02. The van der Waals surface area contributed by atoms with Crippen LogP contribution in [0.5, 0.6) is 0 Å². The molecule has 0 atom stereocenters. The van der Waals surface area contributed by atoms with E-state index in [1.54, 1.807) is 0 Å². The molecule has 1 aliphatic carbocycles. The molecule has 0 spiro atoms. The number of halogens is 2. The van der Waals surface area contributed by atoms with Gasteiger partial charge in [-0.2, -0.15) is 0 Å². The van der Waals surface area contributed by atoms with Gasteiger partial charge in [0.15, 0.2) is 0 Å². The summed E-state index contributed by atoms with van der Waals surface area (Å²) >= 11 is 0. The standard InChI is InChI=1S/C21H33N3O.2ClH/c1-20(2,3)16-6-8-18(9-7-16)24-14-10-17(11-15-24)23-19(25)21(22)12-4-5-13-21;;/h6-9,17H,4-5,10-15,22H2,1-3H3,(H,23,25);2*1H. The molecular weight excluding hydrogens is 381 g/mol. The number of rotatable bonds is 3. The maximum Gasteiger partial charge on any atom is 0.240 e. The molecule has 2 aliphatic rings. The van der Waals surface area contributed by atoms with Crippen molar-refractivity contribution >= 4 is 36.4 Å². The minimum absolute atomic E-state index is 0. The van der Waals surface area contributed by atoms with E-state index in [0.717, 1.165) is 51.6 Å². The zero-order valence-electron chi connectivity index (χ0n) is 16.8. The van der Waals surface area contributed by atoms with Crippen LogP contribution >= 0.6 is 24.8 Å². The molecule has 0 aromatic heterocycles. The third kappa shape index (κ3) is 5.75. The van der Waals surface area contributed by atoms with Gasteiger partial charge in [0.05, 0.1) is 5.54 Å². The lowest BCUT2D eigenvalue weighted by atomic mass is 9.87. The van der Waals surface area contributed by atoms with Crippen LogP contribution in [0.4, 0.5) is 5.69 Å². The van der Waals surface area contributed by atoms with Gasteiger partial charge in [0.25, 0.3) is 0 Å². The van der Waals surface area contributed by atoms with E-state index in [2.05, 4.69) is 55.3 Å². The second kappa shape index (κ2) is 9.49. The van der Waals surface area contributed by atoms with Gasteiger partial charge in [-0.25, -0.2) is 0 Å². The fraction of sp³-hybridized carbons (Fsp3) is 0.667. The quantitative estimate of drug-likeness (QED) is 0.777. The third-order valence-electron chi connectivity index (χ3n) is 5.88. The van der Waals surface area contributed by atoms with Gasteiger partial charge in [-0.05, 0) is 48.8 Å². The number of hydrogen-bond donors (Lipinski definition) is 2. The second-order valence-corrected chi connectivity index (χ2v) is 8.89. The zero-order chi connectivity index (χ0) is 18.1. The van der Waals surface area contributed by atoms with Crippen molar-refractivity contribution in [3.63, 3.8) is 0 Å². The summed E-state index contributed by atoms with van der Waals surface area (Å²) in [7, 11) is 0. The summed E-state index contributed by atoms with van der Waals surface area (Å²) in [5.74, 6) is 0.0676. The molecule has 0 radical (unpaired) electrons. The van der Waals surface area contributed by atoms with Crippen LogP contribution in [0.1, 0.15) is 64.9 Å². The number of nitrogens with zero attached hydrogens (tertiary/aromatic N) is 1. The fourth-order valence-electron chi connectivity index (χ4n) is 4.02. The first kappa shape index (κ1) is 24.1. The summed E-state index contributed by atoms with van der Waals surface area (Å²) in [6, 6.07) is 9.20. The first-order valence-corrected chi connectivity index (χ1v) is 9.73. The molecule has 1 aromatic rings. The molecule has 154 valence electrons. The first-order valence-electron chi connectivity index (χ1n) is 9.73. The molecule has 1 saturated heterocycles. The Labute approximate surface area is 176 Å². The van der Waals surface area contributed by atoms with E-state index >= 15 is 0 Å². The van der Waals surface area contributed by atoms with E-state index in [1.165, 1.54) is 11.3 Å². The Morgan fingerprint density at radius 2 is 1.59 bits per heavy atom. The average Bonchev–Trinajstić information content (AvgIpc) is 3.03. The molecular formula is C21H35Cl2N3O. The van der Waals surface area contributed by atoms with Crippen molar-refractivity contribution in [3.05, 3.63) is 29.8 Å². The normalized spacial score (nSPS) is 19.8. The highest BCUT2D eigenvalue weighted by Crippen LogP contribution is 2.29. The maximum absolute atomic E-state index is 12.5. The van der Waals surface area contributed by atoms with Crippen molar-refractivity contribution in [2.75, 3.05) is 18.0 Å². The molecule has 4 nitrogen and oxygen atoms in total. The lowest BCUT2D eigenvalue weighted by Crippen LogP contribution is -2.56. The minimum atomic E-state index is -0.611. The molecule has 6 heteroatoms. The molecule has 3 rings (SSSR count). The Morgan fingerprint density at radius 3 is 2.07 bits per heavy atom. The molecule has 1 aliphatic heterocycles. The number of nitrogens with two attached hydrogens (primary N) is 1. The maximum atomic E-state index is 12.5. The molecule has 1 amide bonds. The van der Waals surface area contributed by atoms with Crippen LogP contribution in [0.2, 0.25) is 0 Å². The average molecular weight is 416 g/mol. The number of carbonyl (C=O) groups excluding carboxylic acids is 1. The summed E-state index contributed by atoms with van der Waals surface area (Å²) in [4.78, 5) is 14.9. The Hall–Kier alpha value is -0.970. The summed E-state index contributed by atoms with van der Waals surface area (Å²) in [6.07, 6.45) is 5.79. The minimum Gasteiger partial charge on any atom is -0.371 e. The molecule has 1 aromatic carbocycles. The molecule has 0 unspecified atom stereocenters. The number of nitrogens with one attached hydrogen (secondary N) is 1. The van der Waals surface area contributed by atoms with Crippen LogP contribution in [-0.2, 0) is 10.2 Å². The molecule has 27 heavy (non-hydrogen) atoms. The van der Waals surface area contributed by atoms with Gasteiger partial charge in [-0.3, -0.25) is 4.79 Å². The van der Waals surface area contributed by atoms with Gasteiger partial charge in [0.2, 0.25) is 5.91 Å². The number of piperidine rings is 1. The van der Waals surface area contributed by atoms with Crippen molar-refractivity contribution in [2.24, 2.45) is 5.73 Å². The van der Waals surface area contributed by atoms with Gasteiger partial charge in [0.1, 0.15) is 0 Å². The van der Waals surface area contributed by atoms with Gasteiger partial charge in [-0.1, -0.05) is 45.7 Å². The van der Waals surface area contributed by atoms with Crippen LogP contribution < -0.4 is 16.0 Å². The highest BCUT2D eigenvalue weighted by Gasteiger charge is 2.38. The number of carbonyl (C=O) groups is 1. The van der Waals surface area contributed by atoms with E-state index in [0.29, 0.717) is 0 Å². The van der Waals surface area contributed by atoms with Gasteiger partial charge >= 0.3 is 0 Å². The Bertz CT molecular complexity index is 599. The predicted octanol–water partition coefficient (Wildman–Crippen LogP) is 4.18. The van der Waals surface area contributed by atoms with Crippen molar-refractivity contribution in [1.29, 1.82) is 0 Å². The summed E-state index contributed by atoms with van der Waals surface area (Å²) in [5.41, 5.74) is 8.49. The van der Waals surface area contributed by atoms with Gasteiger partial charge in [0, 0.05) is 24.8 Å². The van der Waals surface area contributed by atoms with Crippen molar-refractivity contribution in [2.45, 2.75) is 76.3 Å². The lowest BCUT2D eigenvalue weighted by Gasteiger charge is -2.35. The van der Waals surface area contributed by atoms with Crippen LogP contribution in [0.3, 0.4) is 0 Å². The number of hydrogen-bond acceptors (Lipinski definition) is 3. The van der Waals surface area contributed by atoms with Crippen molar-refractivity contribution in [3.8, 4) is 0 Å². The zero-order valence-corrected chi connectivity index (χ0v) is 18.4. The second-order valence-electron chi connectivity index (χ2n) is 8.89. The van der Waals surface area contributed by atoms with E-state index in [4.69, 9.17) is 5.73 Å². The smallest absolute Gasteiger partial charge is 0.240 e. The highest BCUT2D eigenvalue weighted by atomic mass is 35.5. The molecule has 2 fully saturated rings. The summed E-state index contributed by atoms with van der Waals surface area (Å²) in [5, 5.41) is 3.21. The van der Waals surface area contributed by atoms with Gasteiger partial charge < -0.3 is 16.0 Å². The Kier molecular flexibility index (Phi) is 8.46. The van der Waals surface area contributed by atoms with Gasteiger partial charge in [-0.15, -0.1) is 24.8 Å². The number of amides is 1. The third-order valence-corrected chi connectivity index (χ3v) is 5.88. The van der Waals surface area contributed by atoms with E-state index in [9.17, 15) is 4.79 Å². The van der Waals surface area contributed by atoms with E-state index in [1.807, 2.05) is 0 Å². The SMILES string of the molecule is CC(C)(C)c1ccc(N2CCC(NC(=O)C3(N)CCCC3)CC2)cc1.Cl.Cl. The van der Waals surface area contributed by atoms with Crippen LogP contribution in [0.15, 0.2) is 24.3 Å². The molecule has 1 saturated carbocycles. The van der Waals surface area contributed by atoms with E-state index in [-0.39, 0.29) is 42.2 Å². The van der Waals surface area contributed by atoms with Crippen LogP contribution in [0.25, 0.3) is 0 Å². The van der Waals surface area contributed by atoms with Crippen molar-refractivity contribution in [1.82, 2.24) is 5.32 Å². The monoisotopic (exact) mass is 415 g/mol. The number of anilines is 1. The molecule has 3 N–H and O–H groups in total. The number of benzene rings is 1. The van der Waals surface area contributed by atoms with Crippen LogP contribution in [-0.4, -0.2) is 30.6 Å². The van der Waals surface area contributed by atoms with Crippen LogP contribution in [0, 0.1) is 0 Å². The molecule has 1 heterocycles. The predicted molar refractivity (Wildman–Crippen MR) is 118 cm³/mol. The molecule has 0 bridgehead atoms.